The van der Waals surface area contributed by atoms with Gasteiger partial charge >= 0.3 is 0 Å². The van der Waals surface area contributed by atoms with Crippen molar-refractivity contribution in [1.82, 2.24) is 10.2 Å². The first-order chi connectivity index (χ1) is 10.8. The summed E-state index contributed by atoms with van der Waals surface area (Å²) in [5.74, 6) is 0. The van der Waals surface area contributed by atoms with Crippen LogP contribution in [0.25, 0.3) is 0 Å². The highest BCUT2D eigenvalue weighted by molar-refractivity contribution is 5.34. The van der Waals surface area contributed by atoms with Gasteiger partial charge in [-0.1, -0.05) is 36.4 Å². The van der Waals surface area contributed by atoms with Crippen molar-refractivity contribution in [3.63, 3.8) is 0 Å². The van der Waals surface area contributed by atoms with Crippen LogP contribution in [0.15, 0.2) is 48.2 Å². The average molecular weight is 296 g/mol. The van der Waals surface area contributed by atoms with Gasteiger partial charge in [0.2, 0.25) is 0 Å². The highest BCUT2D eigenvalue weighted by Crippen LogP contribution is 2.28. The number of benzene rings is 1. The Kier molecular flexibility index (Phi) is 4.99. The highest BCUT2D eigenvalue weighted by atomic mass is 15.2. The molecule has 3 rings (SSSR count). The molecule has 1 aromatic carbocycles. The van der Waals surface area contributed by atoms with E-state index in [4.69, 9.17) is 0 Å². The quantitative estimate of drug-likeness (QED) is 0.834. The maximum Gasteiger partial charge on any atom is 0.0371 e. The molecule has 1 atom stereocenters. The second kappa shape index (κ2) is 7.15. The molecule has 2 nitrogen and oxygen atoms in total. The van der Waals surface area contributed by atoms with E-state index in [9.17, 15) is 0 Å². The van der Waals surface area contributed by atoms with Crippen LogP contribution in [0.1, 0.15) is 37.8 Å². The molecule has 1 fully saturated rings. The first-order valence-corrected chi connectivity index (χ1v) is 8.67. The largest absolute Gasteiger partial charge is 0.367 e. The lowest BCUT2D eigenvalue weighted by atomic mass is 10.1. The summed E-state index contributed by atoms with van der Waals surface area (Å²) >= 11 is 0. The summed E-state index contributed by atoms with van der Waals surface area (Å²) in [6, 6.07) is 10.2. The molecule has 22 heavy (non-hydrogen) atoms. The Morgan fingerprint density at radius 2 is 1.95 bits per heavy atom. The molecule has 1 aliphatic heterocycles. The summed E-state index contributed by atoms with van der Waals surface area (Å²) < 4.78 is 0. The number of hydrogen-bond acceptors (Lipinski definition) is 2. The van der Waals surface area contributed by atoms with Crippen LogP contribution in [0.2, 0.25) is 0 Å². The van der Waals surface area contributed by atoms with E-state index >= 15 is 0 Å². The molecule has 0 radical (unpaired) electrons. The molecule has 2 aliphatic rings. The van der Waals surface area contributed by atoms with Crippen molar-refractivity contribution in [2.45, 2.75) is 51.6 Å². The zero-order chi connectivity index (χ0) is 15.4. The standard InChI is InChI=1S/C20H28N2/c1-3-8-19(4-2)22(15-18-11-7-12-21-18)20-13-16-9-5-6-10-17(16)14-20/h3-6,8-10,18,20-21H,7,11-15H2,1-2H3/b8-3-,19-4+. The molecular formula is C20H28N2. The van der Waals surface area contributed by atoms with Crippen LogP contribution in [0.4, 0.5) is 0 Å². The Labute approximate surface area is 134 Å². The van der Waals surface area contributed by atoms with Crippen LogP contribution < -0.4 is 5.32 Å². The van der Waals surface area contributed by atoms with Crippen LogP contribution >= 0.6 is 0 Å². The summed E-state index contributed by atoms with van der Waals surface area (Å²) in [6.45, 7) is 6.58. The summed E-state index contributed by atoms with van der Waals surface area (Å²) in [5.41, 5.74) is 4.44. The third-order valence-corrected chi connectivity index (χ3v) is 5.01. The first-order valence-electron chi connectivity index (χ1n) is 8.67. The van der Waals surface area contributed by atoms with Gasteiger partial charge in [0.15, 0.2) is 0 Å². The lowest BCUT2D eigenvalue weighted by Crippen LogP contribution is -2.43. The zero-order valence-corrected chi connectivity index (χ0v) is 13.9. The Morgan fingerprint density at radius 1 is 1.23 bits per heavy atom. The minimum Gasteiger partial charge on any atom is -0.367 e. The van der Waals surface area contributed by atoms with Gasteiger partial charge in [0, 0.05) is 24.3 Å². The maximum atomic E-state index is 3.66. The molecule has 1 N–H and O–H groups in total. The number of nitrogens with one attached hydrogen (secondary N) is 1. The van der Waals surface area contributed by atoms with Gasteiger partial charge in [-0.15, -0.1) is 0 Å². The van der Waals surface area contributed by atoms with Crippen molar-refractivity contribution in [3.05, 3.63) is 59.3 Å². The number of fused-ring (bicyclic) bond motifs is 1. The number of nitrogens with zero attached hydrogens (tertiary/aromatic N) is 1. The number of hydrogen-bond donors (Lipinski definition) is 1. The van der Waals surface area contributed by atoms with E-state index in [0.29, 0.717) is 12.1 Å². The number of rotatable bonds is 5. The molecule has 0 amide bonds. The van der Waals surface area contributed by atoms with Crippen LogP contribution in [0.5, 0.6) is 0 Å². The second-order valence-electron chi connectivity index (χ2n) is 6.49. The zero-order valence-electron chi connectivity index (χ0n) is 13.9. The van der Waals surface area contributed by atoms with E-state index in [-0.39, 0.29) is 0 Å². The van der Waals surface area contributed by atoms with Crippen molar-refractivity contribution in [3.8, 4) is 0 Å². The van der Waals surface area contributed by atoms with Crippen LogP contribution in [-0.2, 0) is 12.8 Å². The SMILES string of the molecule is C/C=C\C(=C/C)N(CC1CCCN1)C1Cc2ccccc2C1. The lowest BCUT2D eigenvalue weighted by Gasteiger charge is -2.34. The molecule has 0 spiro atoms. The molecule has 1 saturated heterocycles. The topological polar surface area (TPSA) is 15.3 Å². The van der Waals surface area contributed by atoms with Crippen molar-refractivity contribution in [1.29, 1.82) is 0 Å². The molecule has 2 heteroatoms. The smallest absolute Gasteiger partial charge is 0.0371 e. The summed E-state index contributed by atoms with van der Waals surface area (Å²) in [4.78, 5) is 2.64. The Morgan fingerprint density at radius 3 is 2.50 bits per heavy atom. The van der Waals surface area contributed by atoms with E-state index < -0.39 is 0 Å². The van der Waals surface area contributed by atoms with E-state index in [0.717, 1.165) is 6.54 Å². The van der Waals surface area contributed by atoms with E-state index in [2.05, 4.69) is 66.6 Å². The normalized spacial score (nSPS) is 22.5. The van der Waals surface area contributed by atoms with Gasteiger partial charge in [0.25, 0.3) is 0 Å². The molecule has 0 bridgehead atoms. The van der Waals surface area contributed by atoms with Crippen molar-refractivity contribution in [2.75, 3.05) is 13.1 Å². The van der Waals surface area contributed by atoms with E-state index in [1.807, 2.05) is 0 Å². The molecule has 0 aromatic heterocycles. The van der Waals surface area contributed by atoms with Gasteiger partial charge in [0.1, 0.15) is 0 Å². The van der Waals surface area contributed by atoms with Gasteiger partial charge in [0.05, 0.1) is 0 Å². The van der Waals surface area contributed by atoms with Crippen molar-refractivity contribution in [2.24, 2.45) is 0 Å². The monoisotopic (exact) mass is 296 g/mol. The van der Waals surface area contributed by atoms with Gasteiger partial charge in [-0.3, -0.25) is 0 Å². The van der Waals surface area contributed by atoms with E-state index in [1.165, 1.54) is 49.1 Å². The average Bonchev–Trinajstić information content (AvgIpc) is 3.19. The molecule has 1 heterocycles. The van der Waals surface area contributed by atoms with Gasteiger partial charge in [-0.25, -0.2) is 0 Å². The summed E-state index contributed by atoms with van der Waals surface area (Å²) in [7, 11) is 0. The Hall–Kier alpha value is -1.54. The van der Waals surface area contributed by atoms with Gasteiger partial charge in [-0.05, 0) is 63.3 Å². The third kappa shape index (κ3) is 3.27. The fourth-order valence-electron chi connectivity index (χ4n) is 3.90. The molecular weight excluding hydrogens is 268 g/mol. The number of allylic oxidation sites excluding steroid dienone is 3. The predicted molar refractivity (Wildman–Crippen MR) is 93.9 cm³/mol. The molecule has 1 unspecified atom stereocenters. The minimum atomic E-state index is 0.599. The van der Waals surface area contributed by atoms with Gasteiger partial charge < -0.3 is 10.2 Å². The molecule has 1 aliphatic carbocycles. The summed E-state index contributed by atoms with van der Waals surface area (Å²) in [6.07, 6.45) is 11.7. The third-order valence-electron chi connectivity index (χ3n) is 5.01. The molecule has 1 aromatic rings. The van der Waals surface area contributed by atoms with Crippen LogP contribution in [-0.4, -0.2) is 30.1 Å². The predicted octanol–water partition coefficient (Wildman–Crippen LogP) is 3.69. The lowest BCUT2D eigenvalue weighted by molar-refractivity contribution is 0.243. The fourth-order valence-corrected chi connectivity index (χ4v) is 3.90. The summed E-state index contributed by atoms with van der Waals surface area (Å²) in [5, 5.41) is 3.66. The fraction of sp³-hybridized carbons (Fsp3) is 0.500. The highest BCUT2D eigenvalue weighted by Gasteiger charge is 2.29. The van der Waals surface area contributed by atoms with Crippen molar-refractivity contribution < 1.29 is 0 Å². The molecule has 0 saturated carbocycles. The Bertz CT molecular complexity index is 528. The second-order valence-corrected chi connectivity index (χ2v) is 6.49. The van der Waals surface area contributed by atoms with Crippen LogP contribution in [0.3, 0.4) is 0 Å². The minimum absolute atomic E-state index is 0.599. The van der Waals surface area contributed by atoms with Gasteiger partial charge in [-0.2, -0.15) is 0 Å². The van der Waals surface area contributed by atoms with E-state index in [1.54, 1.807) is 0 Å². The van der Waals surface area contributed by atoms with Crippen molar-refractivity contribution >= 4 is 0 Å². The van der Waals surface area contributed by atoms with Crippen LogP contribution in [0, 0.1) is 0 Å². The maximum absolute atomic E-state index is 3.66. The molecule has 118 valence electrons. The Balaban J connectivity index is 1.79. The first kappa shape index (κ1) is 15.4.